The maximum atomic E-state index is 13.0. The SMILES string of the molecule is CCNC(=O)N1c2ccc(OC)cc2C(=C2SC(C(=O)OC)=C(C(=O)OC)S2)C(=S)C1(C)C. The van der Waals surface area contributed by atoms with Crippen LogP contribution >= 0.6 is 35.7 Å². The molecular weight excluding hydrogens is 484 g/mol. The lowest BCUT2D eigenvalue weighted by Gasteiger charge is -2.45. The van der Waals surface area contributed by atoms with Crippen LogP contribution in [0.4, 0.5) is 10.5 Å². The Morgan fingerprint density at radius 3 is 2.12 bits per heavy atom. The molecule has 1 aromatic carbocycles. The van der Waals surface area contributed by atoms with Gasteiger partial charge in [-0.15, -0.1) is 0 Å². The second-order valence-corrected chi connectivity index (χ2v) is 10.2. The van der Waals surface area contributed by atoms with E-state index in [2.05, 4.69) is 5.32 Å². The van der Waals surface area contributed by atoms with Gasteiger partial charge in [0.2, 0.25) is 0 Å². The van der Waals surface area contributed by atoms with Gasteiger partial charge in [-0.2, -0.15) is 0 Å². The fraction of sp³-hybridized carbons (Fsp3) is 0.364. The van der Waals surface area contributed by atoms with Gasteiger partial charge in [-0.25, -0.2) is 14.4 Å². The summed E-state index contributed by atoms with van der Waals surface area (Å²) in [6.07, 6.45) is 0. The number of benzene rings is 1. The molecule has 3 rings (SSSR count). The van der Waals surface area contributed by atoms with Gasteiger partial charge in [0, 0.05) is 17.7 Å². The molecule has 0 unspecified atom stereocenters. The predicted octanol–water partition coefficient (Wildman–Crippen LogP) is 4.10. The molecule has 0 fully saturated rings. The number of carbonyl (C=O) groups is 3. The summed E-state index contributed by atoms with van der Waals surface area (Å²) in [7, 11) is 4.05. The average Bonchev–Trinajstić information content (AvgIpc) is 3.23. The van der Waals surface area contributed by atoms with Crippen molar-refractivity contribution in [1.29, 1.82) is 0 Å². The maximum absolute atomic E-state index is 13.0. The number of nitrogens with one attached hydrogen (secondary N) is 1. The van der Waals surface area contributed by atoms with Crippen molar-refractivity contribution >= 4 is 69.8 Å². The highest BCUT2D eigenvalue weighted by atomic mass is 32.2. The van der Waals surface area contributed by atoms with Crippen LogP contribution in [0.25, 0.3) is 5.57 Å². The molecule has 0 atom stereocenters. The molecule has 0 aromatic heterocycles. The number of carbonyl (C=O) groups excluding carboxylic acids is 3. The van der Waals surface area contributed by atoms with Gasteiger partial charge in [-0.3, -0.25) is 4.90 Å². The van der Waals surface area contributed by atoms with Gasteiger partial charge in [-0.05, 0) is 39.0 Å². The van der Waals surface area contributed by atoms with E-state index in [-0.39, 0.29) is 15.8 Å². The normalized spacial score (nSPS) is 17.0. The molecule has 8 nitrogen and oxygen atoms in total. The first-order chi connectivity index (χ1) is 15.6. The monoisotopic (exact) mass is 508 g/mol. The van der Waals surface area contributed by atoms with Crippen LogP contribution in [0, 0.1) is 0 Å². The number of ether oxygens (including phenoxy) is 3. The van der Waals surface area contributed by atoms with Gasteiger partial charge < -0.3 is 19.5 Å². The van der Waals surface area contributed by atoms with E-state index in [1.807, 2.05) is 20.8 Å². The molecule has 1 aromatic rings. The Morgan fingerprint density at radius 1 is 1.06 bits per heavy atom. The summed E-state index contributed by atoms with van der Waals surface area (Å²) in [4.78, 5) is 40.2. The lowest BCUT2D eigenvalue weighted by molar-refractivity contribution is -0.138. The minimum atomic E-state index is -0.876. The largest absolute Gasteiger partial charge is 0.497 e. The summed E-state index contributed by atoms with van der Waals surface area (Å²) in [5.74, 6) is -0.703. The van der Waals surface area contributed by atoms with Gasteiger partial charge >= 0.3 is 18.0 Å². The number of methoxy groups -OCH3 is 3. The highest BCUT2D eigenvalue weighted by molar-refractivity contribution is 8.29. The Balaban J connectivity index is 2.26. The molecule has 1 N–H and O–H groups in total. The lowest BCUT2D eigenvalue weighted by atomic mass is 9.83. The van der Waals surface area contributed by atoms with Crippen LogP contribution in [0.2, 0.25) is 0 Å². The third kappa shape index (κ3) is 4.36. The molecule has 2 heterocycles. The predicted molar refractivity (Wildman–Crippen MR) is 134 cm³/mol. The summed E-state index contributed by atoms with van der Waals surface area (Å²) in [5, 5.41) is 2.84. The molecule has 33 heavy (non-hydrogen) atoms. The molecule has 0 radical (unpaired) electrons. The third-order valence-electron chi connectivity index (χ3n) is 5.13. The molecule has 0 bridgehead atoms. The molecule has 2 amide bonds. The number of urea groups is 1. The Morgan fingerprint density at radius 2 is 1.64 bits per heavy atom. The standard InChI is InChI=1S/C22H24N2O6S3/c1-7-23-21(27)24-13-9-8-11(28-4)10-12(13)14(17(31)22(24,2)3)20-32-15(18(25)29-5)16(33-20)19(26)30-6/h8-10H,7H2,1-6H3,(H,23,27). The van der Waals surface area contributed by atoms with Gasteiger partial charge in [-0.1, -0.05) is 35.7 Å². The quantitative estimate of drug-likeness (QED) is 0.366. The Labute approximate surface area is 206 Å². The van der Waals surface area contributed by atoms with Gasteiger partial charge in [0.15, 0.2) is 0 Å². The van der Waals surface area contributed by atoms with Crippen LogP contribution in [-0.2, 0) is 19.1 Å². The second-order valence-electron chi connectivity index (χ2n) is 7.45. The summed E-state index contributed by atoms with van der Waals surface area (Å²) in [6.45, 7) is 6.02. The number of amides is 2. The van der Waals surface area contributed by atoms with Crippen LogP contribution in [-0.4, -0.2) is 56.2 Å². The zero-order valence-electron chi connectivity index (χ0n) is 19.1. The van der Waals surface area contributed by atoms with Crippen molar-refractivity contribution in [2.24, 2.45) is 0 Å². The molecule has 176 valence electrons. The second kappa shape index (κ2) is 9.78. The van der Waals surface area contributed by atoms with Gasteiger partial charge in [0.1, 0.15) is 15.6 Å². The van der Waals surface area contributed by atoms with E-state index in [1.165, 1.54) is 14.2 Å². The highest BCUT2D eigenvalue weighted by Crippen LogP contribution is 2.56. The maximum Gasteiger partial charge on any atom is 0.346 e. The van der Waals surface area contributed by atoms with Gasteiger partial charge in [0.05, 0.1) is 41.7 Å². The lowest BCUT2D eigenvalue weighted by Crippen LogP contribution is -2.58. The van der Waals surface area contributed by atoms with Crippen molar-refractivity contribution in [3.8, 4) is 5.75 Å². The molecule has 0 aliphatic carbocycles. The van der Waals surface area contributed by atoms with Crippen molar-refractivity contribution < 1.29 is 28.6 Å². The highest BCUT2D eigenvalue weighted by Gasteiger charge is 2.46. The van der Waals surface area contributed by atoms with Crippen LogP contribution in [0.1, 0.15) is 26.3 Å². The zero-order valence-corrected chi connectivity index (χ0v) is 21.5. The number of fused-ring (bicyclic) bond motifs is 1. The summed E-state index contributed by atoms with van der Waals surface area (Å²) >= 11 is 8.11. The molecular formula is C22H24N2O6S3. The number of thioether (sulfide) groups is 2. The number of hydrogen-bond acceptors (Lipinski definition) is 9. The number of hydrogen-bond donors (Lipinski definition) is 1. The van der Waals surface area contributed by atoms with Gasteiger partial charge in [0.25, 0.3) is 0 Å². The Bertz CT molecular complexity index is 1080. The number of rotatable bonds is 4. The fourth-order valence-corrected chi connectivity index (χ4v) is 6.55. The van der Waals surface area contributed by atoms with Crippen molar-refractivity contribution in [3.63, 3.8) is 0 Å². The fourth-order valence-electron chi connectivity index (χ4n) is 3.52. The van der Waals surface area contributed by atoms with Crippen molar-refractivity contribution in [1.82, 2.24) is 5.32 Å². The van der Waals surface area contributed by atoms with E-state index in [0.717, 1.165) is 23.5 Å². The van der Waals surface area contributed by atoms with Crippen molar-refractivity contribution in [2.75, 3.05) is 32.8 Å². The number of anilines is 1. The molecule has 2 aliphatic rings. The molecule has 2 aliphatic heterocycles. The first-order valence-electron chi connectivity index (χ1n) is 9.94. The van der Waals surface area contributed by atoms with Crippen molar-refractivity contribution in [3.05, 3.63) is 37.8 Å². The van der Waals surface area contributed by atoms with E-state index < -0.39 is 17.5 Å². The minimum Gasteiger partial charge on any atom is -0.497 e. The first kappa shape index (κ1) is 25.1. The number of nitrogens with zero attached hydrogens (tertiary/aromatic N) is 1. The number of esters is 2. The minimum absolute atomic E-state index is 0.132. The van der Waals surface area contributed by atoms with Crippen LogP contribution in [0.15, 0.2) is 32.2 Å². The van der Waals surface area contributed by atoms with Crippen LogP contribution < -0.4 is 15.0 Å². The molecule has 11 heteroatoms. The number of thiocarbonyl (C=S) groups is 1. The van der Waals surface area contributed by atoms with E-state index in [9.17, 15) is 14.4 Å². The van der Waals surface area contributed by atoms with E-state index in [4.69, 9.17) is 26.4 Å². The zero-order chi connectivity index (χ0) is 24.5. The Hall–Kier alpha value is -2.50. The average molecular weight is 509 g/mol. The summed E-state index contributed by atoms with van der Waals surface area (Å²) in [6, 6.07) is 5.08. The van der Waals surface area contributed by atoms with E-state index in [1.54, 1.807) is 30.2 Å². The van der Waals surface area contributed by atoms with Crippen molar-refractivity contribution in [2.45, 2.75) is 26.3 Å². The molecule has 0 spiro atoms. The molecule has 0 saturated carbocycles. The summed E-state index contributed by atoms with van der Waals surface area (Å²) < 4.78 is 15.8. The van der Waals surface area contributed by atoms with E-state index >= 15 is 0 Å². The van der Waals surface area contributed by atoms with E-state index in [0.29, 0.717) is 38.2 Å². The first-order valence-corrected chi connectivity index (χ1v) is 12.0. The molecule has 0 saturated heterocycles. The third-order valence-corrected chi connectivity index (χ3v) is 8.39. The summed E-state index contributed by atoms with van der Waals surface area (Å²) in [5.41, 5.74) is 1.07. The van der Waals surface area contributed by atoms with Crippen LogP contribution in [0.5, 0.6) is 5.75 Å². The topological polar surface area (TPSA) is 94.2 Å². The van der Waals surface area contributed by atoms with Crippen LogP contribution in [0.3, 0.4) is 0 Å². The Kier molecular flexibility index (Phi) is 7.45. The smallest absolute Gasteiger partial charge is 0.346 e.